The first-order valence-electron chi connectivity index (χ1n) is 8.58. The molecule has 3 rings (SSSR count). The fraction of sp³-hybridized carbons (Fsp3) is 0.182. The average Bonchev–Trinajstić information content (AvgIpc) is 2.63. The Kier molecular flexibility index (Phi) is 6.54. The third-order valence-electron chi connectivity index (χ3n) is 4.24. The molecule has 5 heteroatoms. The van der Waals surface area contributed by atoms with Crippen molar-refractivity contribution in [3.63, 3.8) is 0 Å². The van der Waals surface area contributed by atoms with Crippen molar-refractivity contribution < 1.29 is 4.74 Å². The number of nitrogens with one attached hydrogen (secondary N) is 1. The van der Waals surface area contributed by atoms with Crippen LogP contribution in [0.2, 0.25) is 15.1 Å². The van der Waals surface area contributed by atoms with Gasteiger partial charge < -0.3 is 10.1 Å². The van der Waals surface area contributed by atoms with Gasteiger partial charge in [0.2, 0.25) is 0 Å². The van der Waals surface area contributed by atoms with Crippen molar-refractivity contribution in [1.29, 1.82) is 0 Å². The highest BCUT2D eigenvalue weighted by molar-refractivity contribution is 6.35. The highest BCUT2D eigenvalue weighted by Crippen LogP contribution is 2.34. The first kappa shape index (κ1) is 19.9. The van der Waals surface area contributed by atoms with Crippen LogP contribution < -0.4 is 10.1 Å². The Morgan fingerprint density at radius 3 is 2.30 bits per heavy atom. The second kappa shape index (κ2) is 8.88. The Labute approximate surface area is 175 Å². The molecule has 0 saturated heterocycles. The maximum atomic E-state index is 6.40. The van der Waals surface area contributed by atoms with E-state index in [1.807, 2.05) is 43.3 Å². The van der Waals surface area contributed by atoms with Crippen LogP contribution >= 0.6 is 34.8 Å². The molecule has 1 N–H and O–H groups in total. The summed E-state index contributed by atoms with van der Waals surface area (Å²) in [6, 6.07) is 17.6. The molecule has 0 saturated carbocycles. The molecule has 0 bridgehead atoms. The lowest BCUT2D eigenvalue weighted by atomic mass is 10.1. The van der Waals surface area contributed by atoms with Crippen LogP contribution in [0.1, 0.15) is 22.3 Å². The van der Waals surface area contributed by atoms with Gasteiger partial charge in [-0.25, -0.2) is 0 Å². The molecular formula is C22H20Cl3NO. The summed E-state index contributed by atoms with van der Waals surface area (Å²) in [5.41, 5.74) is 5.14. The average molecular weight is 421 g/mol. The lowest BCUT2D eigenvalue weighted by Crippen LogP contribution is -2.05. The third kappa shape index (κ3) is 5.32. The van der Waals surface area contributed by atoms with E-state index in [0.717, 1.165) is 27.4 Å². The van der Waals surface area contributed by atoms with Crippen LogP contribution in [0, 0.1) is 13.8 Å². The number of rotatable bonds is 6. The number of anilines is 1. The summed E-state index contributed by atoms with van der Waals surface area (Å²) in [6.07, 6.45) is 0. The lowest BCUT2D eigenvalue weighted by molar-refractivity contribution is 0.303. The molecule has 0 aromatic heterocycles. The van der Waals surface area contributed by atoms with Crippen LogP contribution in [-0.2, 0) is 13.2 Å². The summed E-state index contributed by atoms with van der Waals surface area (Å²) in [5, 5.41) is 5.13. The molecule has 0 unspecified atom stereocenters. The maximum absolute atomic E-state index is 6.40. The molecule has 0 spiro atoms. The minimum absolute atomic E-state index is 0.436. The largest absolute Gasteiger partial charge is 0.487 e. The zero-order chi connectivity index (χ0) is 19.4. The molecule has 140 valence electrons. The first-order chi connectivity index (χ1) is 12.9. The molecule has 0 aliphatic carbocycles. The number of ether oxygens (including phenoxy) is 1. The van der Waals surface area contributed by atoms with E-state index >= 15 is 0 Å². The van der Waals surface area contributed by atoms with Gasteiger partial charge in [0.15, 0.2) is 0 Å². The van der Waals surface area contributed by atoms with Gasteiger partial charge >= 0.3 is 0 Å². The van der Waals surface area contributed by atoms with E-state index in [1.165, 1.54) is 5.56 Å². The van der Waals surface area contributed by atoms with Crippen molar-refractivity contribution in [2.24, 2.45) is 0 Å². The second-order valence-electron chi connectivity index (χ2n) is 6.47. The van der Waals surface area contributed by atoms with Crippen molar-refractivity contribution in [1.82, 2.24) is 0 Å². The van der Waals surface area contributed by atoms with Crippen LogP contribution in [0.3, 0.4) is 0 Å². The van der Waals surface area contributed by atoms with E-state index < -0.39 is 0 Å². The topological polar surface area (TPSA) is 21.3 Å². The van der Waals surface area contributed by atoms with Gasteiger partial charge in [-0.1, -0.05) is 70.7 Å². The lowest BCUT2D eigenvalue weighted by Gasteiger charge is -2.15. The van der Waals surface area contributed by atoms with E-state index in [0.29, 0.717) is 28.9 Å². The SMILES string of the molecule is Cc1ccc(COc2c(Cl)cc(Cl)cc2CNc2ccc(C)c(Cl)c2)cc1. The van der Waals surface area contributed by atoms with Crippen LogP contribution in [0.25, 0.3) is 0 Å². The Morgan fingerprint density at radius 1 is 0.852 bits per heavy atom. The number of halogens is 3. The summed E-state index contributed by atoms with van der Waals surface area (Å²) in [6.45, 7) is 4.98. The van der Waals surface area contributed by atoms with E-state index in [9.17, 15) is 0 Å². The highest BCUT2D eigenvalue weighted by atomic mass is 35.5. The smallest absolute Gasteiger partial charge is 0.143 e. The minimum Gasteiger partial charge on any atom is -0.487 e. The van der Waals surface area contributed by atoms with Crippen molar-refractivity contribution >= 4 is 40.5 Å². The Hall–Kier alpha value is -1.87. The van der Waals surface area contributed by atoms with E-state index in [-0.39, 0.29) is 0 Å². The van der Waals surface area contributed by atoms with Gasteiger partial charge in [0.25, 0.3) is 0 Å². The molecular weight excluding hydrogens is 401 g/mol. The zero-order valence-corrected chi connectivity index (χ0v) is 17.4. The van der Waals surface area contributed by atoms with Gasteiger partial charge in [-0.15, -0.1) is 0 Å². The molecule has 0 fully saturated rings. The number of benzene rings is 3. The summed E-state index contributed by atoms with van der Waals surface area (Å²) >= 11 is 18.8. The van der Waals surface area contributed by atoms with E-state index in [2.05, 4.69) is 24.4 Å². The molecule has 27 heavy (non-hydrogen) atoms. The van der Waals surface area contributed by atoms with Crippen molar-refractivity contribution in [2.75, 3.05) is 5.32 Å². The molecule has 0 heterocycles. The predicted octanol–water partition coefficient (Wildman–Crippen LogP) is 7.45. The highest BCUT2D eigenvalue weighted by Gasteiger charge is 2.12. The molecule has 2 nitrogen and oxygen atoms in total. The maximum Gasteiger partial charge on any atom is 0.143 e. The Morgan fingerprint density at radius 2 is 1.59 bits per heavy atom. The van der Waals surface area contributed by atoms with Crippen LogP contribution in [-0.4, -0.2) is 0 Å². The van der Waals surface area contributed by atoms with Gasteiger partial charge in [0, 0.05) is 27.8 Å². The molecule has 3 aromatic carbocycles. The summed E-state index contributed by atoms with van der Waals surface area (Å²) in [7, 11) is 0. The fourth-order valence-electron chi connectivity index (χ4n) is 2.65. The monoisotopic (exact) mass is 419 g/mol. The van der Waals surface area contributed by atoms with Crippen LogP contribution in [0.5, 0.6) is 5.75 Å². The second-order valence-corrected chi connectivity index (χ2v) is 7.72. The zero-order valence-electron chi connectivity index (χ0n) is 15.2. The van der Waals surface area contributed by atoms with Gasteiger partial charge in [0.05, 0.1) is 5.02 Å². The normalized spacial score (nSPS) is 10.7. The van der Waals surface area contributed by atoms with E-state index in [4.69, 9.17) is 39.5 Å². The van der Waals surface area contributed by atoms with Crippen LogP contribution in [0.4, 0.5) is 5.69 Å². The quantitative estimate of drug-likeness (QED) is 0.447. The summed E-state index contributed by atoms with van der Waals surface area (Å²) in [4.78, 5) is 0. The van der Waals surface area contributed by atoms with Gasteiger partial charge in [0.1, 0.15) is 12.4 Å². The minimum atomic E-state index is 0.436. The van der Waals surface area contributed by atoms with Gasteiger partial charge in [-0.05, 0) is 49.2 Å². The molecule has 0 radical (unpaired) electrons. The van der Waals surface area contributed by atoms with Crippen LogP contribution in [0.15, 0.2) is 54.6 Å². The number of hydrogen-bond acceptors (Lipinski definition) is 2. The Bertz CT molecular complexity index is 939. The molecule has 0 amide bonds. The Balaban J connectivity index is 1.77. The molecule has 0 aliphatic heterocycles. The van der Waals surface area contributed by atoms with Gasteiger partial charge in [-0.3, -0.25) is 0 Å². The molecule has 0 aliphatic rings. The third-order valence-corrected chi connectivity index (χ3v) is 5.15. The predicted molar refractivity (Wildman–Crippen MR) is 115 cm³/mol. The first-order valence-corrected chi connectivity index (χ1v) is 9.72. The fourth-order valence-corrected chi connectivity index (χ4v) is 3.42. The van der Waals surface area contributed by atoms with Crippen molar-refractivity contribution in [2.45, 2.75) is 27.0 Å². The molecule has 3 aromatic rings. The summed E-state index contributed by atoms with van der Waals surface area (Å²) in [5.74, 6) is 0.632. The van der Waals surface area contributed by atoms with E-state index in [1.54, 1.807) is 6.07 Å². The molecule has 0 atom stereocenters. The number of hydrogen-bond donors (Lipinski definition) is 1. The number of aryl methyl sites for hydroxylation is 2. The summed E-state index contributed by atoms with van der Waals surface area (Å²) < 4.78 is 6.02. The van der Waals surface area contributed by atoms with Crippen molar-refractivity contribution in [3.05, 3.63) is 91.9 Å². The van der Waals surface area contributed by atoms with Gasteiger partial charge in [-0.2, -0.15) is 0 Å². The standard InChI is InChI=1S/C22H20Cl3NO/c1-14-3-6-16(7-4-14)13-27-22-17(9-18(23)10-21(22)25)12-26-19-8-5-15(2)20(24)11-19/h3-11,26H,12-13H2,1-2H3. The van der Waals surface area contributed by atoms with Crippen molar-refractivity contribution in [3.8, 4) is 5.75 Å².